The van der Waals surface area contributed by atoms with Crippen molar-refractivity contribution in [2.75, 3.05) is 10.2 Å². The van der Waals surface area contributed by atoms with Gasteiger partial charge < -0.3 is 10.2 Å². The van der Waals surface area contributed by atoms with Crippen molar-refractivity contribution < 1.29 is 14.4 Å². The molecule has 1 spiro atoms. The second kappa shape index (κ2) is 9.29. The number of hydrogen-bond acceptors (Lipinski definition) is 4. The molecule has 40 heavy (non-hydrogen) atoms. The molecular formula is C33H22BrClN2O3. The van der Waals surface area contributed by atoms with Crippen molar-refractivity contribution in [2.45, 2.75) is 17.5 Å². The number of rotatable bonds is 4. The highest BCUT2D eigenvalue weighted by atomic mass is 79.9. The Morgan fingerprint density at radius 3 is 2.33 bits per heavy atom. The predicted octanol–water partition coefficient (Wildman–Crippen LogP) is 6.96. The van der Waals surface area contributed by atoms with Gasteiger partial charge >= 0.3 is 0 Å². The van der Waals surface area contributed by atoms with E-state index < -0.39 is 23.4 Å². The second-order valence-electron chi connectivity index (χ2n) is 10.3. The Morgan fingerprint density at radius 2 is 1.55 bits per heavy atom. The first-order valence-corrected chi connectivity index (χ1v) is 14.1. The molecule has 0 saturated carbocycles. The van der Waals surface area contributed by atoms with Gasteiger partial charge in [-0.25, -0.2) is 0 Å². The van der Waals surface area contributed by atoms with Gasteiger partial charge in [-0.2, -0.15) is 0 Å². The van der Waals surface area contributed by atoms with E-state index in [9.17, 15) is 14.4 Å². The van der Waals surface area contributed by atoms with Crippen LogP contribution in [0.1, 0.15) is 31.8 Å². The van der Waals surface area contributed by atoms with Crippen LogP contribution in [0.25, 0.3) is 6.08 Å². The number of benzene rings is 4. The SMILES string of the molecule is O=C(c1ccccc1)C1C2C=Cc3cc(Cl)ccc3N2C(C(=O)c2ccc(Br)cc2)C12C(=O)Nc1ccccc12. The van der Waals surface area contributed by atoms with Crippen LogP contribution in [-0.4, -0.2) is 29.6 Å². The van der Waals surface area contributed by atoms with Crippen molar-refractivity contribution in [3.05, 3.63) is 135 Å². The molecule has 5 nitrogen and oxygen atoms in total. The van der Waals surface area contributed by atoms with E-state index in [1.165, 1.54) is 0 Å². The summed E-state index contributed by atoms with van der Waals surface area (Å²) in [5, 5.41) is 3.59. The average Bonchev–Trinajstić information content (AvgIpc) is 3.45. The standard InChI is InChI=1S/C33H22BrClN2O3/c34-22-13-10-20(11-14-22)30(39)31-33(24-8-4-5-9-25(24)36-32(33)40)28(29(38)19-6-2-1-3-7-19)27-16-12-21-18-23(35)15-17-26(21)37(27)31/h1-18,27-28,31H,(H,36,40). The minimum absolute atomic E-state index is 0.185. The maximum atomic E-state index is 14.7. The van der Waals surface area contributed by atoms with Gasteiger partial charge in [0.2, 0.25) is 5.91 Å². The molecule has 196 valence electrons. The van der Waals surface area contributed by atoms with E-state index in [0.29, 0.717) is 27.4 Å². The molecule has 1 N–H and O–H groups in total. The molecule has 4 atom stereocenters. The van der Waals surface area contributed by atoms with Crippen LogP contribution < -0.4 is 10.2 Å². The lowest BCUT2D eigenvalue weighted by molar-refractivity contribution is -0.121. The van der Waals surface area contributed by atoms with Gasteiger partial charge in [0.15, 0.2) is 11.6 Å². The molecule has 4 aromatic carbocycles. The number of ketones is 2. The molecule has 4 unspecified atom stereocenters. The highest BCUT2D eigenvalue weighted by Gasteiger charge is 2.70. The first kappa shape index (κ1) is 25.0. The summed E-state index contributed by atoms with van der Waals surface area (Å²) >= 11 is 9.81. The van der Waals surface area contributed by atoms with Crippen LogP contribution in [0.3, 0.4) is 0 Å². The van der Waals surface area contributed by atoms with Gasteiger partial charge in [0.1, 0.15) is 11.5 Å². The number of carbonyl (C=O) groups is 3. The summed E-state index contributed by atoms with van der Waals surface area (Å²) in [6, 6.07) is 27.5. The van der Waals surface area contributed by atoms with Crippen LogP contribution in [0, 0.1) is 5.92 Å². The van der Waals surface area contributed by atoms with E-state index in [1.54, 1.807) is 30.3 Å². The topological polar surface area (TPSA) is 66.5 Å². The lowest BCUT2D eigenvalue weighted by atomic mass is 9.63. The fourth-order valence-electron chi connectivity index (χ4n) is 6.72. The van der Waals surface area contributed by atoms with E-state index >= 15 is 0 Å². The molecule has 1 amide bonds. The maximum absolute atomic E-state index is 14.7. The van der Waals surface area contributed by atoms with E-state index in [4.69, 9.17) is 11.6 Å². The van der Waals surface area contributed by atoms with Gasteiger partial charge in [-0.05, 0) is 47.5 Å². The summed E-state index contributed by atoms with van der Waals surface area (Å²) in [4.78, 5) is 45.7. The molecule has 0 aromatic heterocycles. The van der Waals surface area contributed by atoms with Crippen LogP contribution in [0.2, 0.25) is 5.02 Å². The van der Waals surface area contributed by atoms with Crippen molar-refractivity contribution in [1.82, 2.24) is 0 Å². The highest BCUT2D eigenvalue weighted by molar-refractivity contribution is 9.10. The average molecular weight is 610 g/mol. The monoisotopic (exact) mass is 608 g/mol. The summed E-state index contributed by atoms with van der Waals surface area (Å²) in [7, 11) is 0. The minimum Gasteiger partial charge on any atom is -0.352 e. The van der Waals surface area contributed by atoms with Crippen LogP contribution in [0.15, 0.2) is 108 Å². The van der Waals surface area contributed by atoms with Crippen molar-refractivity contribution in [1.29, 1.82) is 0 Å². The molecular weight excluding hydrogens is 588 g/mol. The normalized spacial score (nSPS) is 23.9. The molecule has 0 aliphatic carbocycles. The zero-order valence-electron chi connectivity index (χ0n) is 21.1. The highest BCUT2D eigenvalue weighted by Crippen LogP contribution is 2.58. The zero-order chi connectivity index (χ0) is 27.6. The molecule has 7 heteroatoms. The van der Waals surface area contributed by atoms with Gasteiger partial charge in [-0.1, -0.05) is 100 Å². The fraction of sp³-hybridized carbons (Fsp3) is 0.121. The number of amides is 1. The van der Waals surface area contributed by atoms with E-state index in [1.807, 2.05) is 83.8 Å². The first-order valence-electron chi connectivity index (χ1n) is 13.0. The molecule has 3 heterocycles. The zero-order valence-corrected chi connectivity index (χ0v) is 23.4. The largest absolute Gasteiger partial charge is 0.352 e. The number of para-hydroxylation sites is 1. The Labute approximate surface area is 244 Å². The Hall–Kier alpha value is -4.00. The molecule has 4 aromatic rings. The van der Waals surface area contributed by atoms with Crippen molar-refractivity contribution in [3.8, 4) is 0 Å². The number of nitrogens with zero attached hydrogens (tertiary/aromatic N) is 1. The number of fused-ring (bicyclic) bond motifs is 5. The number of anilines is 2. The first-order chi connectivity index (χ1) is 19.4. The second-order valence-corrected chi connectivity index (χ2v) is 11.7. The Bertz CT molecular complexity index is 1740. The lowest BCUT2D eigenvalue weighted by Crippen LogP contribution is -2.55. The van der Waals surface area contributed by atoms with E-state index in [0.717, 1.165) is 15.7 Å². The molecule has 7 rings (SSSR count). The third-order valence-electron chi connectivity index (χ3n) is 8.32. The smallest absolute Gasteiger partial charge is 0.238 e. The van der Waals surface area contributed by atoms with Crippen molar-refractivity contribution in [2.24, 2.45) is 5.92 Å². The van der Waals surface area contributed by atoms with Crippen LogP contribution in [0.4, 0.5) is 11.4 Å². The molecule has 1 saturated heterocycles. The molecule has 0 radical (unpaired) electrons. The summed E-state index contributed by atoms with van der Waals surface area (Å²) in [5.41, 5.74) is 2.33. The summed E-state index contributed by atoms with van der Waals surface area (Å²) in [6.45, 7) is 0. The predicted molar refractivity (Wildman–Crippen MR) is 160 cm³/mol. The summed E-state index contributed by atoms with van der Waals surface area (Å²) in [5.74, 6) is -1.64. The quantitative estimate of drug-likeness (QED) is 0.254. The number of nitrogens with one attached hydrogen (secondary N) is 1. The Kier molecular flexibility index (Phi) is 5.81. The van der Waals surface area contributed by atoms with Crippen LogP contribution in [0.5, 0.6) is 0 Å². The van der Waals surface area contributed by atoms with Gasteiger partial charge in [0.25, 0.3) is 0 Å². The number of halogens is 2. The molecule has 3 aliphatic heterocycles. The third-order valence-corrected chi connectivity index (χ3v) is 9.08. The summed E-state index contributed by atoms with van der Waals surface area (Å²) in [6.07, 6.45) is 3.88. The molecule has 1 fully saturated rings. The van der Waals surface area contributed by atoms with E-state index in [2.05, 4.69) is 21.2 Å². The Balaban J connectivity index is 1.55. The van der Waals surface area contributed by atoms with Gasteiger partial charge in [0, 0.05) is 32.0 Å². The maximum Gasteiger partial charge on any atom is 0.238 e. The van der Waals surface area contributed by atoms with Gasteiger partial charge in [0.05, 0.1) is 12.0 Å². The van der Waals surface area contributed by atoms with Gasteiger partial charge in [-0.15, -0.1) is 0 Å². The Morgan fingerprint density at radius 1 is 0.850 bits per heavy atom. The number of carbonyl (C=O) groups excluding carboxylic acids is 3. The third kappa shape index (κ3) is 3.49. The van der Waals surface area contributed by atoms with Crippen LogP contribution >= 0.6 is 27.5 Å². The minimum atomic E-state index is -1.48. The number of hydrogen-bond donors (Lipinski definition) is 1. The van der Waals surface area contributed by atoms with Crippen molar-refractivity contribution in [3.63, 3.8) is 0 Å². The van der Waals surface area contributed by atoms with Gasteiger partial charge in [-0.3, -0.25) is 14.4 Å². The number of Topliss-reactive ketones (excluding diaryl/α,β-unsaturated/α-hetero) is 2. The summed E-state index contributed by atoms with van der Waals surface area (Å²) < 4.78 is 0.838. The molecule has 0 bridgehead atoms. The van der Waals surface area contributed by atoms with E-state index in [-0.39, 0.29) is 17.5 Å². The van der Waals surface area contributed by atoms with Crippen molar-refractivity contribution >= 4 is 62.5 Å². The molecule has 3 aliphatic rings. The fourth-order valence-corrected chi connectivity index (χ4v) is 7.17. The van der Waals surface area contributed by atoms with Crippen LogP contribution in [-0.2, 0) is 10.2 Å². The lowest BCUT2D eigenvalue weighted by Gasteiger charge is -2.37.